The van der Waals surface area contributed by atoms with Gasteiger partial charge in [-0.1, -0.05) is 6.58 Å². The Hall–Kier alpha value is -1.83. The van der Waals surface area contributed by atoms with Gasteiger partial charge in [-0.2, -0.15) is 5.26 Å². The number of amides is 1. The maximum atomic E-state index is 11.1. The second kappa shape index (κ2) is 6.60. The Morgan fingerprint density at radius 2 is 2.20 bits per heavy atom. The van der Waals surface area contributed by atoms with E-state index in [0.717, 1.165) is 0 Å². The van der Waals surface area contributed by atoms with Crippen LogP contribution in [0, 0.1) is 17.2 Å². The lowest BCUT2D eigenvalue weighted by atomic mass is 10.2. The third-order valence-electron chi connectivity index (χ3n) is 1.57. The molecule has 1 unspecified atom stereocenters. The van der Waals surface area contributed by atoms with E-state index in [2.05, 4.69) is 11.9 Å². The summed E-state index contributed by atoms with van der Waals surface area (Å²) in [6, 6.07) is 1.80. The number of hydrogen-bond donors (Lipinski definition) is 1. The zero-order valence-electron chi connectivity index (χ0n) is 8.87. The smallest absolute Gasteiger partial charge is 0.333 e. The van der Waals surface area contributed by atoms with Crippen LogP contribution in [-0.4, -0.2) is 25.0 Å². The SMILES string of the molecule is C=C(C)C(=O)OCCNC(=O)C(C)C#N. The van der Waals surface area contributed by atoms with Crippen LogP contribution < -0.4 is 5.32 Å². The molecule has 0 bridgehead atoms. The fraction of sp³-hybridized carbons (Fsp3) is 0.500. The van der Waals surface area contributed by atoms with Crippen molar-refractivity contribution >= 4 is 11.9 Å². The van der Waals surface area contributed by atoms with Gasteiger partial charge in [-0.3, -0.25) is 4.79 Å². The Bertz CT molecular complexity index is 304. The van der Waals surface area contributed by atoms with Gasteiger partial charge in [0.15, 0.2) is 0 Å². The molecule has 0 heterocycles. The Morgan fingerprint density at radius 3 is 2.67 bits per heavy atom. The number of ether oxygens (including phenoxy) is 1. The van der Waals surface area contributed by atoms with E-state index in [4.69, 9.17) is 10.00 Å². The predicted octanol–water partition coefficient (Wildman–Crippen LogP) is 0.382. The summed E-state index contributed by atoms with van der Waals surface area (Å²) in [5, 5.41) is 10.9. The van der Waals surface area contributed by atoms with Gasteiger partial charge in [-0.15, -0.1) is 0 Å². The molecule has 1 atom stereocenters. The molecule has 1 amide bonds. The van der Waals surface area contributed by atoms with E-state index in [0.29, 0.717) is 5.57 Å². The van der Waals surface area contributed by atoms with Gasteiger partial charge < -0.3 is 10.1 Å². The number of rotatable bonds is 5. The van der Waals surface area contributed by atoms with Gasteiger partial charge in [-0.25, -0.2) is 4.79 Å². The van der Waals surface area contributed by atoms with Crippen molar-refractivity contribution in [1.82, 2.24) is 5.32 Å². The molecule has 0 aromatic rings. The maximum Gasteiger partial charge on any atom is 0.333 e. The summed E-state index contributed by atoms with van der Waals surface area (Å²) in [6.07, 6.45) is 0. The van der Waals surface area contributed by atoms with Crippen LogP contribution in [0.1, 0.15) is 13.8 Å². The van der Waals surface area contributed by atoms with Gasteiger partial charge in [0.2, 0.25) is 5.91 Å². The minimum atomic E-state index is -0.693. The number of hydrogen-bond acceptors (Lipinski definition) is 4. The van der Waals surface area contributed by atoms with E-state index in [1.165, 1.54) is 6.92 Å². The summed E-state index contributed by atoms with van der Waals surface area (Å²) in [5.74, 6) is -1.55. The molecular formula is C10H14N2O3. The highest BCUT2D eigenvalue weighted by Crippen LogP contribution is 1.92. The number of carbonyl (C=O) groups is 2. The number of nitriles is 1. The number of nitrogens with one attached hydrogen (secondary N) is 1. The average molecular weight is 210 g/mol. The molecule has 82 valence electrons. The van der Waals surface area contributed by atoms with E-state index >= 15 is 0 Å². The van der Waals surface area contributed by atoms with Crippen LogP contribution in [0.3, 0.4) is 0 Å². The lowest BCUT2D eigenvalue weighted by Gasteiger charge is -2.06. The minimum Gasteiger partial charge on any atom is -0.460 e. The van der Waals surface area contributed by atoms with E-state index < -0.39 is 11.9 Å². The van der Waals surface area contributed by atoms with Crippen molar-refractivity contribution in [2.24, 2.45) is 5.92 Å². The molecule has 0 radical (unpaired) electrons. The average Bonchev–Trinajstić information content (AvgIpc) is 2.22. The summed E-state index contributed by atoms with van der Waals surface area (Å²) < 4.78 is 4.73. The third kappa shape index (κ3) is 5.47. The first kappa shape index (κ1) is 13.2. The summed E-state index contributed by atoms with van der Waals surface area (Å²) in [5.41, 5.74) is 0.312. The molecule has 0 aliphatic rings. The molecule has 0 aliphatic heterocycles. The van der Waals surface area contributed by atoms with Crippen molar-refractivity contribution in [2.75, 3.05) is 13.2 Å². The Kier molecular flexibility index (Phi) is 5.79. The maximum absolute atomic E-state index is 11.1. The molecular weight excluding hydrogens is 196 g/mol. The van der Waals surface area contributed by atoms with Gasteiger partial charge in [0.05, 0.1) is 12.6 Å². The highest BCUT2D eigenvalue weighted by atomic mass is 16.5. The molecule has 5 nitrogen and oxygen atoms in total. The molecule has 0 aromatic carbocycles. The fourth-order valence-electron chi connectivity index (χ4n) is 0.653. The van der Waals surface area contributed by atoms with E-state index in [1.54, 1.807) is 13.0 Å². The van der Waals surface area contributed by atoms with Crippen molar-refractivity contribution in [3.8, 4) is 6.07 Å². The summed E-state index contributed by atoms with van der Waals surface area (Å²) in [4.78, 5) is 22.0. The highest BCUT2D eigenvalue weighted by molar-refractivity contribution is 5.87. The number of esters is 1. The highest BCUT2D eigenvalue weighted by Gasteiger charge is 2.10. The second-order valence-electron chi connectivity index (χ2n) is 3.06. The van der Waals surface area contributed by atoms with Gasteiger partial charge >= 0.3 is 5.97 Å². The Balaban J connectivity index is 3.65. The van der Waals surface area contributed by atoms with E-state index in [1.807, 2.05) is 0 Å². The molecule has 1 N–H and O–H groups in total. The first-order valence-electron chi connectivity index (χ1n) is 4.49. The van der Waals surface area contributed by atoms with E-state index in [9.17, 15) is 9.59 Å². The summed E-state index contributed by atoms with van der Waals surface area (Å²) in [7, 11) is 0. The van der Waals surface area contributed by atoms with Crippen LogP contribution in [0.2, 0.25) is 0 Å². The lowest BCUT2D eigenvalue weighted by molar-refractivity contribution is -0.139. The van der Waals surface area contributed by atoms with Gasteiger partial charge in [0.25, 0.3) is 0 Å². The predicted molar refractivity (Wildman–Crippen MR) is 53.6 cm³/mol. The van der Waals surface area contributed by atoms with Crippen LogP contribution in [-0.2, 0) is 14.3 Å². The summed E-state index contributed by atoms with van der Waals surface area (Å²) >= 11 is 0. The van der Waals surface area contributed by atoms with E-state index in [-0.39, 0.29) is 19.1 Å². The molecule has 0 saturated heterocycles. The zero-order valence-corrected chi connectivity index (χ0v) is 8.87. The van der Waals surface area contributed by atoms with Gasteiger partial charge in [0, 0.05) is 5.57 Å². The molecule has 5 heteroatoms. The molecule has 0 aromatic heterocycles. The molecule has 15 heavy (non-hydrogen) atoms. The standard InChI is InChI=1S/C10H14N2O3/c1-7(2)10(14)15-5-4-12-9(13)8(3)6-11/h8H,1,4-5H2,2-3H3,(H,12,13). The first-order valence-corrected chi connectivity index (χ1v) is 4.49. The van der Waals surface area contributed by atoms with Gasteiger partial charge in [-0.05, 0) is 13.8 Å². The molecule has 0 spiro atoms. The van der Waals surface area contributed by atoms with Crippen molar-refractivity contribution in [2.45, 2.75) is 13.8 Å². The molecule has 0 fully saturated rings. The van der Waals surface area contributed by atoms with Crippen LogP contribution in [0.4, 0.5) is 0 Å². The third-order valence-corrected chi connectivity index (χ3v) is 1.57. The zero-order chi connectivity index (χ0) is 11.8. The van der Waals surface area contributed by atoms with Crippen molar-refractivity contribution in [1.29, 1.82) is 5.26 Å². The van der Waals surface area contributed by atoms with Crippen molar-refractivity contribution in [3.63, 3.8) is 0 Å². The fourth-order valence-corrected chi connectivity index (χ4v) is 0.653. The minimum absolute atomic E-state index is 0.0790. The lowest BCUT2D eigenvalue weighted by Crippen LogP contribution is -2.31. The molecule has 0 saturated carbocycles. The number of nitrogens with zero attached hydrogens (tertiary/aromatic N) is 1. The van der Waals surface area contributed by atoms with Crippen LogP contribution in [0.5, 0.6) is 0 Å². The molecule has 0 rings (SSSR count). The van der Waals surface area contributed by atoms with Crippen LogP contribution >= 0.6 is 0 Å². The topological polar surface area (TPSA) is 79.2 Å². The summed E-state index contributed by atoms with van der Waals surface area (Å²) in [6.45, 7) is 6.72. The second-order valence-corrected chi connectivity index (χ2v) is 3.06. The first-order chi connectivity index (χ1) is 6.99. The quantitative estimate of drug-likeness (QED) is 0.404. The largest absolute Gasteiger partial charge is 0.460 e. The normalized spacial score (nSPS) is 11.0. The van der Waals surface area contributed by atoms with Crippen LogP contribution in [0.15, 0.2) is 12.2 Å². The van der Waals surface area contributed by atoms with Crippen LogP contribution in [0.25, 0.3) is 0 Å². The Labute approximate surface area is 88.7 Å². The number of carbonyl (C=O) groups excluding carboxylic acids is 2. The monoisotopic (exact) mass is 210 g/mol. The van der Waals surface area contributed by atoms with Crippen molar-refractivity contribution < 1.29 is 14.3 Å². The molecule has 0 aliphatic carbocycles. The van der Waals surface area contributed by atoms with Gasteiger partial charge in [0.1, 0.15) is 12.5 Å². The van der Waals surface area contributed by atoms with Crippen molar-refractivity contribution in [3.05, 3.63) is 12.2 Å². The Morgan fingerprint density at radius 1 is 1.60 bits per heavy atom.